The number of sulfonamides is 1. The summed E-state index contributed by atoms with van der Waals surface area (Å²) in [7, 11) is -1.72. The second kappa shape index (κ2) is 7.35. The summed E-state index contributed by atoms with van der Waals surface area (Å²) in [5.41, 5.74) is 1.15. The van der Waals surface area contributed by atoms with Gasteiger partial charge < -0.3 is 5.32 Å². The van der Waals surface area contributed by atoms with Crippen LogP contribution in [0.1, 0.15) is 12.5 Å². The zero-order valence-corrected chi connectivity index (χ0v) is 13.7. The molecule has 1 fully saturated rings. The molecule has 1 aliphatic heterocycles. The molecule has 0 saturated carbocycles. The van der Waals surface area contributed by atoms with Gasteiger partial charge in [0.15, 0.2) is 0 Å². The third kappa shape index (κ3) is 4.26. The highest BCUT2D eigenvalue weighted by molar-refractivity contribution is 7.89. The molecule has 118 valence electrons. The number of rotatable bonds is 6. The predicted molar refractivity (Wildman–Crippen MR) is 84.9 cm³/mol. The quantitative estimate of drug-likeness (QED) is 0.843. The van der Waals surface area contributed by atoms with Crippen LogP contribution in [0.5, 0.6) is 0 Å². The Morgan fingerprint density at radius 1 is 1.19 bits per heavy atom. The van der Waals surface area contributed by atoms with Gasteiger partial charge in [0.05, 0.1) is 4.90 Å². The number of hydrogen-bond acceptors (Lipinski definition) is 4. The molecule has 0 radical (unpaired) electrons. The summed E-state index contributed by atoms with van der Waals surface area (Å²) in [6, 6.07) is 7.18. The SMILES string of the molecule is CCc1ccc(S(=O)(=O)N(C)CCN2CCNCC2)cc1. The first-order valence-electron chi connectivity index (χ1n) is 7.52. The molecule has 1 saturated heterocycles. The second-order valence-electron chi connectivity index (χ2n) is 5.42. The second-order valence-corrected chi connectivity index (χ2v) is 7.46. The van der Waals surface area contributed by atoms with E-state index < -0.39 is 10.0 Å². The molecule has 1 aromatic rings. The number of nitrogens with zero attached hydrogens (tertiary/aromatic N) is 2. The van der Waals surface area contributed by atoms with Gasteiger partial charge in [-0.05, 0) is 24.1 Å². The Kier molecular flexibility index (Phi) is 5.75. The molecule has 0 bridgehead atoms. The molecule has 6 heteroatoms. The lowest BCUT2D eigenvalue weighted by atomic mass is 10.2. The molecule has 0 unspecified atom stereocenters. The van der Waals surface area contributed by atoms with Crippen LogP contribution >= 0.6 is 0 Å². The van der Waals surface area contributed by atoms with Gasteiger partial charge in [0, 0.05) is 46.3 Å². The van der Waals surface area contributed by atoms with E-state index in [1.807, 2.05) is 12.1 Å². The van der Waals surface area contributed by atoms with Crippen LogP contribution in [-0.2, 0) is 16.4 Å². The largest absolute Gasteiger partial charge is 0.314 e. The fourth-order valence-electron chi connectivity index (χ4n) is 2.41. The van der Waals surface area contributed by atoms with E-state index in [0.29, 0.717) is 11.4 Å². The van der Waals surface area contributed by atoms with E-state index >= 15 is 0 Å². The lowest BCUT2D eigenvalue weighted by Gasteiger charge is -2.28. The molecule has 0 spiro atoms. The van der Waals surface area contributed by atoms with Gasteiger partial charge in [-0.1, -0.05) is 19.1 Å². The Balaban J connectivity index is 1.96. The summed E-state index contributed by atoms with van der Waals surface area (Å²) in [5.74, 6) is 0. The zero-order valence-electron chi connectivity index (χ0n) is 12.9. The molecule has 0 atom stereocenters. The van der Waals surface area contributed by atoms with Crippen LogP contribution in [0.15, 0.2) is 29.2 Å². The fourth-order valence-corrected chi connectivity index (χ4v) is 3.58. The van der Waals surface area contributed by atoms with Crippen molar-refractivity contribution in [1.82, 2.24) is 14.5 Å². The van der Waals surface area contributed by atoms with Crippen molar-refractivity contribution < 1.29 is 8.42 Å². The summed E-state index contributed by atoms with van der Waals surface area (Å²) in [4.78, 5) is 2.67. The average Bonchev–Trinajstić information content (AvgIpc) is 2.53. The van der Waals surface area contributed by atoms with Gasteiger partial charge in [0.2, 0.25) is 10.0 Å². The van der Waals surface area contributed by atoms with Crippen molar-refractivity contribution in [3.63, 3.8) is 0 Å². The minimum Gasteiger partial charge on any atom is -0.314 e. The molecular weight excluding hydrogens is 286 g/mol. The third-order valence-electron chi connectivity index (χ3n) is 3.98. The minimum absolute atomic E-state index is 0.377. The molecule has 1 aromatic carbocycles. The maximum Gasteiger partial charge on any atom is 0.242 e. The van der Waals surface area contributed by atoms with Crippen molar-refractivity contribution in [2.45, 2.75) is 18.2 Å². The summed E-state index contributed by atoms with van der Waals surface area (Å²) in [6.07, 6.45) is 0.916. The van der Waals surface area contributed by atoms with Gasteiger partial charge >= 0.3 is 0 Å². The van der Waals surface area contributed by atoms with Gasteiger partial charge in [-0.3, -0.25) is 4.90 Å². The number of benzene rings is 1. The zero-order chi connectivity index (χ0) is 15.3. The van der Waals surface area contributed by atoms with Crippen LogP contribution in [0.4, 0.5) is 0 Å². The molecule has 1 N–H and O–H groups in total. The van der Waals surface area contributed by atoms with E-state index in [2.05, 4.69) is 17.1 Å². The monoisotopic (exact) mass is 311 g/mol. The Hall–Kier alpha value is -0.950. The van der Waals surface area contributed by atoms with Crippen molar-refractivity contribution in [2.24, 2.45) is 0 Å². The molecule has 5 nitrogen and oxygen atoms in total. The summed E-state index contributed by atoms with van der Waals surface area (Å²) < 4.78 is 26.5. The van der Waals surface area contributed by atoms with Crippen LogP contribution in [0.25, 0.3) is 0 Å². The van der Waals surface area contributed by atoms with E-state index in [9.17, 15) is 8.42 Å². The highest BCUT2D eigenvalue weighted by Gasteiger charge is 2.21. The standard InChI is InChI=1S/C15H25N3O2S/c1-3-14-4-6-15(7-5-14)21(19,20)17(2)12-13-18-10-8-16-9-11-18/h4-7,16H,3,8-13H2,1-2H3. The first-order chi connectivity index (χ1) is 10.0. The molecular formula is C15H25N3O2S. The molecule has 0 aromatic heterocycles. The van der Waals surface area contributed by atoms with Crippen molar-refractivity contribution in [3.8, 4) is 0 Å². The highest BCUT2D eigenvalue weighted by Crippen LogP contribution is 2.15. The van der Waals surface area contributed by atoms with Crippen LogP contribution in [0.2, 0.25) is 0 Å². The number of aryl methyl sites for hydroxylation is 1. The fraction of sp³-hybridized carbons (Fsp3) is 0.600. The summed E-state index contributed by atoms with van der Waals surface area (Å²) >= 11 is 0. The van der Waals surface area contributed by atoms with Crippen LogP contribution < -0.4 is 5.32 Å². The lowest BCUT2D eigenvalue weighted by Crippen LogP contribution is -2.46. The third-order valence-corrected chi connectivity index (χ3v) is 5.85. The average molecular weight is 311 g/mol. The van der Waals surface area contributed by atoms with Crippen molar-refractivity contribution in [2.75, 3.05) is 46.3 Å². The molecule has 1 aliphatic rings. The first-order valence-corrected chi connectivity index (χ1v) is 8.96. The topological polar surface area (TPSA) is 52.7 Å². The van der Waals surface area contributed by atoms with E-state index in [1.54, 1.807) is 19.2 Å². The summed E-state index contributed by atoms with van der Waals surface area (Å²) in [6.45, 7) is 7.30. The van der Waals surface area contributed by atoms with Gasteiger partial charge in [-0.15, -0.1) is 0 Å². The van der Waals surface area contributed by atoms with Crippen LogP contribution in [-0.4, -0.2) is 63.9 Å². The molecule has 1 heterocycles. The molecule has 0 aliphatic carbocycles. The smallest absolute Gasteiger partial charge is 0.242 e. The van der Waals surface area contributed by atoms with Crippen LogP contribution in [0, 0.1) is 0 Å². The minimum atomic E-state index is -3.37. The summed E-state index contributed by atoms with van der Waals surface area (Å²) in [5, 5.41) is 3.30. The van der Waals surface area contributed by atoms with Crippen molar-refractivity contribution in [3.05, 3.63) is 29.8 Å². The normalized spacial score (nSPS) is 17.3. The van der Waals surface area contributed by atoms with Gasteiger partial charge in [-0.25, -0.2) is 8.42 Å². The van der Waals surface area contributed by atoms with E-state index in [1.165, 1.54) is 4.31 Å². The number of nitrogens with one attached hydrogen (secondary N) is 1. The van der Waals surface area contributed by atoms with Gasteiger partial charge in [-0.2, -0.15) is 4.31 Å². The first kappa shape index (κ1) is 16.4. The van der Waals surface area contributed by atoms with E-state index in [-0.39, 0.29) is 0 Å². The van der Waals surface area contributed by atoms with Crippen molar-refractivity contribution in [1.29, 1.82) is 0 Å². The van der Waals surface area contributed by atoms with Crippen LogP contribution in [0.3, 0.4) is 0 Å². The number of likely N-dealkylation sites (N-methyl/N-ethyl adjacent to an activating group) is 1. The maximum absolute atomic E-state index is 12.5. The highest BCUT2D eigenvalue weighted by atomic mass is 32.2. The lowest BCUT2D eigenvalue weighted by molar-refractivity contribution is 0.229. The number of piperazine rings is 1. The Labute approximate surface area is 128 Å². The molecule has 2 rings (SSSR count). The Bertz CT molecular complexity index is 537. The Morgan fingerprint density at radius 3 is 2.38 bits per heavy atom. The number of hydrogen-bond donors (Lipinski definition) is 1. The maximum atomic E-state index is 12.5. The molecule has 21 heavy (non-hydrogen) atoms. The van der Waals surface area contributed by atoms with Gasteiger partial charge in [0.25, 0.3) is 0 Å². The van der Waals surface area contributed by atoms with Crippen molar-refractivity contribution >= 4 is 10.0 Å². The van der Waals surface area contributed by atoms with Gasteiger partial charge in [0.1, 0.15) is 0 Å². The predicted octanol–water partition coefficient (Wildman–Crippen LogP) is 0.775. The van der Waals surface area contributed by atoms with E-state index in [4.69, 9.17) is 0 Å². The molecule has 0 amide bonds. The Morgan fingerprint density at radius 2 is 1.81 bits per heavy atom. The van der Waals surface area contributed by atoms with E-state index in [0.717, 1.165) is 44.7 Å².